The van der Waals surface area contributed by atoms with Crippen LogP contribution < -0.4 is 4.72 Å². The van der Waals surface area contributed by atoms with E-state index in [9.17, 15) is 13.2 Å². The van der Waals surface area contributed by atoms with Crippen molar-refractivity contribution >= 4 is 27.3 Å². The van der Waals surface area contributed by atoms with Crippen molar-refractivity contribution in [3.8, 4) is 0 Å². The Hall–Kier alpha value is -0.990. The third-order valence-corrected chi connectivity index (χ3v) is 6.95. The molecule has 122 valence electrons. The highest BCUT2D eigenvalue weighted by Crippen LogP contribution is 2.23. The molecule has 8 heteroatoms. The van der Waals surface area contributed by atoms with Crippen LogP contribution >= 0.6 is 11.3 Å². The maximum atomic E-state index is 12.5. The van der Waals surface area contributed by atoms with E-state index in [1.165, 1.54) is 11.3 Å². The Kier molecular flexibility index (Phi) is 4.79. The summed E-state index contributed by atoms with van der Waals surface area (Å²) in [7, 11) is -3.36. The Labute approximate surface area is 135 Å². The molecular weight excluding hydrogens is 322 g/mol. The van der Waals surface area contributed by atoms with E-state index < -0.39 is 15.3 Å². The lowest BCUT2D eigenvalue weighted by molar-refractivity contribution is 0.0721. The summed E-state index contributed by atoms with van der Waals surface area (Å²) in [6, 6.07) is 0.0784. The molecule has 1 saturated carbocycles. The van der Waals surface area contributed by atoms with Crippen molar-refractivity contribution in [3.63, 3.8) is 0 Å². The number of likely N-dealkylation sites (tertiary alicyclic amines) is 1. The molecule has 1 amide bonds. The highest BCUT2D eigenvalue weighted by atomic mass is 32.2. The van der Waals surface area contributed by atoms with Crippen LogP contribution in [0.1, 0.15) is 49.0 Å². The van der Waals surface area contributed by atoms with Crippen molar-refractivity contribution in [2.75, 3.05) is 13.1 Å². The van der Waals surface area contributed by atoms with Gasteiger partial charge in [0.05, 0.1) is 10.8 Å². The number of carbonyl (C=O) groups excluding carboxylic acids is 1. The number of amides is 1. The Morgan fingerprint density at radius 3 is 2.73 bits per heavy atom. The standard InChI is InChI=1S/C14H21N3O3S2/c18-14(13-9-21-10-15-13)17-7-3-6-12(8-17)22(19,20)16-11-4-1-2-5-11/h9-12,16H,1-8H2/t12-/m1/s1. The molecule has 1 aliphatic carbocycles. The molecule has 1 aliphatic heterocycles. The first-order valence-electron chi connectivity index (χ1n) is 7.75. The molecule has 3 rings (SSSR count). The van der Waals surface area contributed by atoms with Crippen molar-refractivity contribution in [1.82, 2.24) is 14.6 Å². The molecule has 0 unspecified atom stereocenters. The first kappa shape index (κ1) is 15.9. The number of carbonyl (C=O) groups is 1. The van der Waals surface area contributed by atoms with Gasteiger partial charge in [0.2, 0.25) is 10.0 Å². The Morgan fingerprint density at radius 1 is 1.27 bits per heavy atom. The maximum Gasteiger partial charge on any atom is 0.273 e. The number of rotatable bonds is 4. The lowest BCUT2D eigenvalue weighted by Crippen LogP contribution is -2.50. The van der Waals surface area contributed by atoms with E-state index in [4.69, 9.17) is 0 Å². The molecule has 0 radical (unpaired) electrons. The maximum absolute atomic E-state index is 12.5. The van der Waals surface area contributed by atoms with Gasteiger partial charge >= 0.3 is 0 Å². The monoisotopic (exact) mass is 343 g/mol. The lowest BCUT2D eigenvalue weighted by Gasteiger charge is -2.32. The van der Waals surface area contributed by atoms with E-state index >= 15 is 0 Å². The average Bonchev–Trinajstić information content (AvgIpc) is 3.19. The molecule has 2 fully saturated rings. The molecule has 1 atom stereocenters. The topological polar surface area (TPSA) is 79.4 Å². The van der Waals surface area contributed by atoms with E-state index in [0.29, 0.717) is 25.1 Å². The van der Waals surface area contributed by atoms with Crippen LogP contribution in [-0.2, 0) is 10.0 Å². The van der Waals surface area contributed by atoms with Gasteiger partial charge in [-0.2, -0.15) is 0 Å². The lowest BCUT2D eigenvalue weighted by atomic mass is 10.1. The smallest absolute Gasteiger partial charge is 0.273 e. The summed E-state index contributed by atoms with van der Waals surface area (Å²) in [6.45, 7) is 0.865. The SMILES string of the molecule is O=C(c1cscn1)N1CCC[C@@H](S(=O)(=O)NC2CCCC2)C1. The zero-order valence-corrected chi connectivity index (χ0v) is 14.0. The summed E-state index contributed by atoms with van der Waals surface area (Å²) >= 11 is 1.37. The third kappa shape index (κ3) is 3.49. The third-order valence-electron chi connectivity index (χ3n) is 4.44. The van der Waals surface area contributed by atoms with Gasteiger partial charge in [-0.25, -0.2) is 18.1 Å². The van der Waals surface area contributed by atoms with E-state index in [1.54, 1.807) is 15.8 Å². The van der Waals surface area contributed by atoms with E-state index in [0.717, 1.165) is 25.7 Å². The highest BCUT2D eigenvalue weighted by Gasteiger charge is 2.35. The van der Waals surface area contributed by atoms with Crippen LogP contribution in [-0.4, -0.2) is 48.6 Å². The molecule has 1 N–H and O–H groups in total. The second-order valence-corrected chi connectivity index (χ2v) is 8.74. The predicted molar refractivity (Wildman–Crippen MR) is 85.4 cm³/mol. The highest BCUT2D eigenvalue weighted by molar-refractivity contribution is 7.90. The van der Waals surface area contributed by atoms with Crippen LogP contribution in [0.3, 0.4) is 0 Å². The number of piperidine rings is 1. The molecule has 1 saturated heterocycles. The van der Waals surface area contributed by atoms with Crippen LogP contribution in [0.4, 0.5) is 0 Å². The van der Waals surface area contributed by atoms with Crippen LogP contribution in [0.2, 0.25) is 0 Å². The zero-order valence-electron chi connectivity index (χ0n) is 12.4. The Balaban J connectivity index is 1.65. The van der Waals surface area contributed by atoms with Gasteiger partial charge in [0.25, 0.3) is 5.91 Å². The normalized spacial score (nSPS) is 23.8. The van der Waals surface area contributed by atoms with Gasteiger partial charge in [-0.05, 0) is 25.7 Å². The van der Waals surface area contributed by atoms with Gasteiger partial charge < -0.3 is 4.90 Å². The van der Waals surface area contributed by atoms with Crippen LogP contribution in [0.5, 0.6) is 0 Å². The van der Waals surface area contributed by atoms with E-state index in [2.05, 4.69) is 9.71 Å². The molecule has 0 aromatic carbocycles. The Bertz CT molecular complexity index is 609. The second-order valence-electron chi connectivity index (χ2n) is 6.03. The second kappa shape index (κ2) is 6.64. The molecule has 1 aromatic heterocycles. The van der Waals surface area contributed by atoms with E-state index in [1.807, 2.05) is 0 Å². The number of hydrogen-bond donors (Lipinski definition) is 1. The minimum atomic E-state index is -3.36. The average molecular weight is 343 g/mol. The van der Waals surface area contributed by atoms with E-state index in [-0.39, 0.29) is 18.5 Å². The molecule has 6 nitrogen and oxygen atoms in total. The number of thiazole rings is 1. The minimum Gasteiger partial charge on any atom is -0.336 e. The fourth-order valence-corrected chi connectivity index (χ4v) is 5.50. The fourth-order valence-electron chi connectivity index (χ4n) is 3.23. The minimum absolute atomic E-state index is 0.0784. The van der Waals surface area contributed by atoms with Crippen LogP contribution in [0, 0.1) is 0 Å². The van der Waals surface area contributed by atoms with Crippen LogP contribution in [0.15, 0.2) is 10.9 Å². The van der Waals surface area contributed by atoms with Crippen molar-refractivity contribution in [2.24, 2.45) is 0 Å². The molecule has 1 aromatic rings. The predicted octanol–water partition coefficient (Wildman–Crippen LogP) is 1.61. The first-order chi connectivity index (χ1) is 10.6. The first-order valence-corrected chi connectivity index (χ1v) is 10.2. The number of sulfonamides is 1. The largest absolute Gasteiger partial charge is 0.336 e. The van der Waals surface area contributed by atoms with Crippen molar-refractivity contribution < 1.29 is 13.2 Å². The number of hydrogen-bond acceptors (Lipinski definition) is 5. The van der Waals surface area contributed by atoms with Gasteiger partial charge in [-0.1, -0.05) is 12.8 Å². The fraction of sp³-hybridized carbons (Fsp3) is 0.714. The summed E-state index contributed by atoms with van der Waals surface area (Å²) < 4.78 is 27.9. The summed E-state index contributed by atoms with van der Waals surface area (Å²) in [5, 5.41) is 1.20. The van der Waals surface area contributed by atoms with Crippen molar-refractivity contribution in [2.45, 2.75) is 49.8 Å². The molecule has 0 bridgehead atoms. The Morgan fingerprint density at radius 2 is 2.05 bits per heavy atom. The summed E-state index contributed by atoms with van der Waals surface area (Å²) in [5.41, 5.74) is 2.03. The van der Waals surface area contributed by atoms with Gasteiger partial charge in [0.15, 0.2) is 0 Å². The van der Waals surface area contributed by atoms with Crippen molar-refractivity contribution in [3.05, 3.63) is 16.6 Å². The van der Waals surface area contributed by atoms with Gasteiger partial charge in [-0.3, -0.25) is 4.79 Å². The quantitative estimate of drug-likeness (QED) is 0.901. The summed E-state index contributed by atoms with van der Waals surface area (Å²) in [4.78, 5) is 18.0. The van der Waals surface area contributed by atoms with Gasteiger partial charge in [0.1, 0.15) is 5.69 Å². The van der Waals surface area contributed by atoms with Crippen LogP contribution in [0.25, 0.3) is 0 Å². The summed E-state index contributed by atoms with van der Waals surface area (Å²) in [5.74, 6) is -0.165. The number of aromatic nitrogens is 1. The van der Waals surface area contributed by atoms with Gasteiger partial charge in [0, 0.05) is 24.5 Å². The molecule has 0 spiro atoms. The molecule has 2 aliphatic rings. The summed E-state index contributed by atoms with van der Waals surface area (Å²) in [6.07, 6.45) is 5.36. The molecule has 22 heavy (non-hydrogen) atoms. The zero-order chi connectivity index (χ0) is 15.6. The number of nitrogens with zero attached hydrogens (tertiary/aromatic N) is 2. The number of nitrogens with one attached hydrogen (secondary N) is 1. The van der Waals surface area contributed by atoms with Crippen molar-refractivity contribution in [1.29, 1.82) is 0 Å². The molecular formula is C14H21N3O3S2. The molecule has 2 heterocycles. The van der Waals surface area contributed by atoms with Gasteiger partial charge in [-0.15, -0.1) is 11.3 Å².